The second-order valence-electron chi connectivity index (χ2n) is 7.59. The van der Waals surface area contributed by atoms with E-state index in [1.165, 1.54) is 29.9 Å². The van der Waals surface area contributed by atoms with Gasteiger partial charge in [0.05, 0.1) is 16.9 Å². The summed E-state index contributed by atoms with van der Waals surface area (Å²) in [5.74, 6) is -1.50. The summed E-state index contributed by atoms with van der Waals surface area (Å²) >= 11 is 5.87. The molecular weight excluding hydrogens is 464 g/mol. The Kier molecular flexibility index (Phi) is 6.40. The molecular formula is C22H19ClF4N4O2. The highest BCUT2D eigenvalue weighted by molar-refractivity contribution is 6.31. The van der Waals surface area contributed by atoms with Gasteiger partial charge < -0.3 is 10.1 Å². The molecule has 1 saturated heterocycles. The van der Waals surface area contributed by atoms with Crippen LogP contribution in [0.15, 0.2) is 30.6 Å². The SMILES string of the molecule is Cc1c(Cl)cnc(C(F)(F)F)c1NC(=O)/C=C/c1ccc2cnn(C3CCCCO3)c2c1F. The van der Waals surface area contributed by atoms with E-state index in [-0.39, 0.29) is 27.9 Å². The number of benzene rings is 1. The predicted molar refractivity (Wildman–Crippen MR) is 115 cm³/mol. The zero-order valence-electron chi connectivity index (χ0n) is 17.4. The minimum atomic E-state index is -4.79. The van der Waals surface area contributed by atoms with Gasteiger partial charge in [-0.3, -0.25) is 4.79 Å². The van der Waals surface area contributed by atoms with Crippen molar-refractivity contribution in [1.82, 2.24) is 14.8 Å². The molecule has 2 aromatic heterocycles. The number of carbonyl (C=O) groups excluding carboxylic acids is 1. The molecule has 1 aliphatic heterocycles. The number of rotatable bonds is 4. The molecule has 3 heterocycles. The third kappa shape index (κ3) is 4.72. The highest BCUT2D eigenvalue weighted by atomic mass is 35.5. The van der Waals surface area contributed by atoms with Crippen molar-refractivity contribution in [3.63, 3.8) is 0 Å². The maximum Gasteiger partial charge on any atom is 0.435 e. The van der Waals surface area contributed by atoms with Crippen LogP contribution in [0.3, 0.4) is 0 Å². The predicted octanol–water partition coefficient (Wildman–Crippen LogP) is 5.90. The topological polar surface area (TPSA) is 69.0 Å². The van der Waals surface area contributed by atoms with Crippen molar-refractivity contribution in [3.05, 3.63) is 58.3 Å². The lowest BCUT2D eigenvalue weighted by Crippen LogP contribution is -2.19. The quantitative estimate of drug-likeness (QED) is 0.371. The number of hydrogen-bond donors (Lipinski definition) is 1. The first-order valence-corrected chi connectivity index (χ1v) is 10.5. The zero-order chi connectivity index (χ0) is 23.8. The van der Waals surface area contributed by atoms with Crippen molar-refractivity contribution in [2.24, 2.45) is 0 Å². The molecule has 1 fully saturated rings. The summed E-state index contributed by atoms with van der Waals surface area (Å²) < 4.78 is 62.3. The van der Waals surface area contributed by atoms with Crippen LogP contribution >= 0.6 is 11.6 Å². The molecule has 1 unspecified atom stereocenters. The molecule has 0 spiro atoms. The van der Waals surface area contributed by atoms with Crippen LogP contribution < -0.4 is 5.32 Å². The van der Waals surface area contributed by atoms with E-state index >= 15 is 4.39 Å². The molecule has 3 aromatic rings. The van der Waals surface area contributed by atoms with Gasteiger partial charge in [-0.1, -0.05) is 23.7 Å². The van der Waals surface area contributed by atoms with Crippen LogP contribution in [-0.2, 0) is 15.7 Å². The molecule has 4 rings (SSSR count). The number of pyridine rings is 1. The van der Waals surface area contributed by atoms with Gasteiger partial charge in [0.1, 0.15) is 5.52 Å². The average Bonchev–Trinajstić information content (AvgIpc) is 3.21. The van der Waals surface area contributed by atoms with Crippen LogP contribution in [0.1, 0.15) is 42.3 Å². The van der Waals surface area contributed by atoms with Gasteiger partial charge in [0.2, 0.25) is 5.91 Å². The van der Waals surface area contributed by atoms with Crippen LogP contribution in [0, 0.1) is 12.7 Å². The number of aromatic nitrogens is 3. The number of halogens is 5. The largest absolute Gasteiger partial charge is 0.435 e. The van der Waals surface area contributed by atoms with Gasteiger partial charge in [-0.05, 0) is 37.8 Å². The first-order chi connectivity index (χ1) is 15.7. The van der Waals surface area contributed by atoms with E-state index < -0.39 is 29.3 Å². The molecule has 1 amide bonds. The van der Waals surface area contributed by atoms with Gasteiger partial charge in [-0.2, -0.15) is 18.3 Å². The average molecular weight is 483 g/mol. The monoisotopic (exact) mass is 482 g/mol. The van der Waals surface area contributed by atoms with Gasteiger partial charge in [0, 0.05) is 29.8 Å². The van der Waals surface area contributed by atoms with E-state index in [9.17, 15) is 18.0 Å². The van der Waals surface area contributed by atoms with Gasteiger partial charge in [-0.15, -0.1) is 0 Å². The molecule has 1 aliphatic rings. The highest BCUT2D eigenvalue weighted by Gasteiger charge is 2.37. The molecule has 1 atom stereocenters. The second kappa shape index (κ2) is 9.11. The fourth-order valence-corrected chi connectivity index (χ4v) is 3.80. The number of fused-ring (bicyclic) bond motifs is 1. The van der Waals surface area contributed by atoms with E-state index in [4.69, 9.17) is 16.3 Å². The van der Waals surface area contributed by atoms with Crippen molar-refractivity contribution in [1.29, 1.82) is 0 Å². The van der Waals surface area contributed by atoms with Gasteiger partial charge in [-0.25, -0.2) is 14.1 Å². The van der Waals surface area contributed by atoms with Crippen LogP contribution in [0.5, 0.6) is 0 Å². The van der Waals surface area contributed by atoms with Crippen molar-refractivity contribution in [2.75, 3.05) is 11.9 Å². The van der Waals surface area contributed by atoms with Crippen molar-refractivity contribution in [3.8, 4) is 0 Å². The number of anilines is 1. The zero-order valence-corrected chi connectivity index (χ0v) is 18.2. The number of ether oxygens (including phenoxy) is 1. The summed E-state index contributed by atoms with van der Waals surface area (Å²) in [4.78, 5) is 15.7. The lowest BCUT2D eigenvalue weighted by molar-refractivity contribution is -0.140. The van der Waals surface area contributed by atoms with Crippen LogP contribution in [-0.4, -0.2) is 27.3 Å². The Balaban J connectivity index is 1.61. The van der Waals surface area contributed by atoms with Crippen molar-refractivity contribution < 1.29 is 27.1 Å². The fourth-order valence-electron chi connectivity index (χ4n) is 3.66. The Morgan fingerprint density at radius 3 is 2.79 bits per heavy atom. The number of alkyl halides is 3. The van der Waals surface area contributed by atoms with Crippen LogP contribution in [0.2, 0.25) is 5.02 Å². The fraction of sp³-hybridized carbons (Fsp3) is 0.318. The molecule has 0 radical (unpaired) electrons. The smallest absolute Gasteiger partial charge is 0.356 e. The molecule has 174 valence electrons. The Labute approximate surface area is 191 Å². The summed E-state index contributed by atoms with van der Waals surface area (Å²) in [5.41, 5.74) is -1.49. The molecule has 0 saturated carbocycles. The van der Waals surface area contributed by atoms with Gasteiger partial charge >= 0.3 is 6.18 Å². The Morgan fingerprint density at radius 1 is 1.30 bits per heavy atom. The third-order valence-electron chi connectivity index (χ3n) is 5.36. The standard InChI is InChI=1S/C22H19ClF4N4O2/c1-12-15(23)11-28-21(22(25,26)27)19(12)30-16(32)8-7-13-5-6-14-10-29-31(20(14)18(13)24)17-4-2-3-9-33-17/h5-8,10-11,17H,2-4,9H2,1H3,(H,30,32)/b8-7+. The number of amides is 1. The van der Waals surface area contributed by atoms with Crippen molar-refractivity contribution >= 4 is 40.2 Å². The second-order valence-corrected chi connectivity index (χ2v) is 8.00. The normalized spacial score (nSPS) is 17.1. The molecule has 0 bridgehead atoms. The van der Waals surface area contributed by atoms with Crippen LogP contribution in [0.4, 0.5) is 23.2 Å². The summed E-state index contributed by atoms with van der Waals surface area (Å²) in [6, 6.07) is 3.11. The van der Waals surface area contributed by atoms with E-state index in [1.54, 1.807) is 6.07 Å². The Morgan fingerprint density at radius 2 is 2.09 bits per heavy atom. The summed E-state index contributed by atoms with van der Waals surface area (Å²) in [6.45, 7) is 1.89. The first kappa shape index (κ1) is 23.2. The minimum absolute atomic E-state index is 0.0183. The van der Waals surface area contributed by atoms with E-state index in [0.29, 0.717) is 18.4 Å². The maximum absolute atomic E-state index is 15.3. The lowest BCUT2D eigenvalue weighted by Gasteiger charge is -2.23. The summed E-state index contributed by atoms with van der Waals surface area (Å²) in [6.07, 6.45) is 1.92. The Hall–Kier alpha value is -2.98. The molecule has 6 nitrogen and oxygen atoms in total. The number of nitrogens with zero attached hydrogens (tertiary/aromatic N) is 3. The lowest BCUT2D eigenvalue weighted by atomic mass is 10.1. The first-order valence-electron chi connectivity index (χ1n) is 10.2. The molecule has 0 aliphatic carbocycles. The van der Waals surface area contributed by atoms with E-state index in [2.05, 4.69) is 15.4 Å². The molecule has 1 aromatic carbocycles. The number of nitrogens with one attached hydrogen (secondary N) is 1. The molecule has 1 N–H and O–H groups in total. The Bertz CT molecular complexity index is 1230. The number of carbonyl (C=O) groups is 1. The van der Waals surface area contributed by atoms with Gasteiger partial charge in [0.15, 0.2) is 17.7 Å². The number of hydrogen-bond acceptors (Lipinski definition) is 4. The third-order valence-corrected chi connectivity index (χ3v) is 5.75. The summed E-state index contributed by atoms with van der Waals surface area (Å²) in [5, 5.41) is 6.94. The van der Waals surface area contributed by atoms with Crippen molar-refractivity contribution in [2.45, 2.75) is 38.6 Å². The highest BCUT2D eigenvalue weighted by Crippen LogP contribution is 2.37. The van der Waals surface area contributed by atoms with Crippen LogP contribution in [0.25, 0.3) is 17.0 Å². The van der Waals surface area contributed by atoms with E-state index in [1.807, 2.05) is 0 Å². The molecule has 11 heteroatoms. The minimum Gasteiger partial charge on any atom is -0.356 e. The maximum atomic E-state index is 15.3. The van der Waals surface area contributed by atoms with E-state index in [0.717, 1.165) is 25.1 Å². The van der Waals surface area contributed by atoms with Gasteiger partial charge in [0.25, 0.3) is 0 Å². The molecule has 33 heavy (non-hydrogen) atoms. The summed E-state index contributed by atoms with van der Waals surface area (Å²) in [7, 11) is 0.